The fourth-order valence-electron chi connectivity index (χ4n) is 1.29. The molecule has 0 fully saturated rings. The summed E-state index contributed by atoms with van der Waals surface area (Å²) in [5.41, 5.74) is 7.01. The molecule has 1 aromatic rings. The van der Waals surface area contributed by atoms with E-state index in [2.05, 4.69) is 21.5 Å². The van der Waals surface area contributed by atoms with Crippen LogP contribution in [-0.4, -0.2) is 8.76 Å². The monoisotopic (exact) mass is 356 g/mol. The molecule has 0 amide bonds. The molecule has 0 bridgehead atoms. The molecule has 19 heavy (non-hydrogen) atoms. The van der Waals surface area contributed by atoms with Crippen LogP contribution in [0.4, 0.5) is 11.4 Å². The van der Waals surface area contributed by atoms with Crippen LogP contribution in [0.25, 0.3) is 0 Å². The standard InChI is InChI=1S/C11H16N4O2S.Y/c1-7(2)9-4-5-10(14-13-8(3)12)11(6-9)15-18(16)17;/h4-7,15H,3,12H2,1-2H3,(H,16,17);/p-1. The largest absolute Gasteiger partial charge is 0.755 e. The summed E-state index contributed by atoms with van der Waals surface area (Å²) in [6, 6.07) is 5.25. The molecular formula is C11H15N4O2SY-. The zero-order valence-electron chi connectivity index (χ0n) is 10.8. The van der Waals surface area contributed by atoms with Crippen molar-refractivity contribution < 1.29 is 41.5 Å². The second kappa shape index (κ2) is 8.53. The number of anilines is 1. The molecule has 6 nitrogen and oxygen atoms in total. The Morgan fingerprint density at radius 3 is 2.63 bits per heavy atom. The second-order valence-corrected chi connectivity index (χ2v) is 4.63. The summed E-state index contributed by atoms with van der Waals surface area (Å²) in [6.07, 6.45) is 0. The van der Waals surface area contributed by atoms with Crippen molar-refractivity contribution in [2.45, 2.75) is 19.8 Å². The minimum absolute atomic E-state index is 0. The molecule has 1 unspecified atom stereocenters. The van der Waals surface area contributed by atoms with Gasteiger partial charge < -0.3 is 15.0 Å². The van der Waals surface area contributed by atoms with E-state index in [-0.39, 0.29) is 44.4 Å². The van der Waals surface area contributed by atoms with Crippen molar-refractivity contribution in [3.63, 3.8) is 0 Å². The van der Waals surface area contributed by atoms with E-state index in [1.807, 2.05) is 19.9 Å². The first-order chi connectivity index (χ1) is 8.40. The Bertz CT molecular complexity index is 505. The molecule has 0 aliphatic rings. The maximum absolute atomic E-state index is 10.7. The smallest absolute Gasteiger partial charge is 0.138 e. The van der Waals surface area contributed by atoms with E-state index >= 15 is 0 Å². The van der Waals surface area contributed by atoms with Gasteiger partial charge in [0, 0.05) is 44.0 Å². The Balaban J connectivity index is 0.00000324. The number of nitrogens with zero attached hydrogens (tertiary/aromatic N) is 2. The average Bonchev–Trinajstić information content (AvgIpc) is 2.26. The van der Waals surface area contributed by atoms with E-state index in [1.165, 1.54) is 0 Å². The Morgan fingerprint density at radius 2 is 2.16 bits per heavy atom. The van der Waals surface area contributed by atoms with Crippen molar-refractivity contribution in [1.29, 1.82) is 0 Å². The van der Waals surface area contributed by atoms with E-state index in [0.717, 1.165) is 5.56 Å². The SMILES string of the molecule is C=C(N)N=Nc1ccc(C(C)C)cc1NS(=O)[O-].[Y]. The Labute approximate surface area is 140 Å². The summed E-state index contributed by atoms with van der Waals surface area (Å²) in [5, 5.41) is 7.43. The topological polar surface area (TPSA) is 103 Å². The van der Waals surface area contributed by atoms with E-state index in [4.69, 9.17) is 5.73 Å². The van der Waals surface area contributed by atoms with Gasteiger partial charge in [-0.25, -0.2) is 0 Å². The minimum atomic E-state index is -2.42. The maximum atomic E-state index is 10.7. The number of hydrogen-bond acceptors (Lipinski definition) is 5. The number of nitrogens with one attached hydrogen (secondary N) is 1. The van der Waals surface area contributed by atoms with E-state index < -0.39 is 11.3 Å². The number of hydrogen-bond donors (Lipinski definition) is 2. The first-order valence-corrected chi connectivity index (χ1v) is 6.33. The van der Waals surface area contributed by atoms with E-state index in [1.54, 1.807) is 12.1 Å². The third kappa shape index (κ3) is 6.38. The molecule has 0 saturated heterocycles. The minimum Gasteiger partial charge on any atom is -0.755 e. The molecule has 1 atom stereocenters. The van der Waals surface area contributed by atoms with Gasteiger partial charge in [-0.3, -0.25) is 4.21 Å². The van der Waals surface area contributed by atoms with Crippen LogP contribution in [0, 0.1) is 0 Å². The fraction of sp³-hybridized carbons (Fsp3) is 0.273. The predicted molar refractivity (Wildman–Crippen MR) is 70.9 cm³/mol. The van der Waals surface area contributed by atoms with Gasteiger partial charge >= 0.3 is 0 Å². The van der Waals surface area contributed by atoms with Crippen LogP contribution in [0.15, 0.2) is 40.8 Å². The zero-order valence-corrected chi connectivity index (χ0v) is 14.4. The van der Waals surface area contributed by atoms with Gasteiger partial charge in [0.2, 0.25) is 0 Å². The van der Waals surface area contributed by atoms with Crippen LogP contribution >= 0.6 is 0 Å². The molecule has 1 rings (SSSR count). The quantitative estimate of drug-likeness (QED) is 0.626. The van der Waals surface area contributed by atoms with Crippen LogP contribution in [0.3, 0.4) is 0 Å². The molecule has 0 aromatic heterocycles. The third-order valence-corrected chi connectivity index (χ3v) is 2.55. The average molecular weight is 356 g/mol. The van der Waals surface area contributed by atoms with Crippen LogP contribution in [0.5, 0.6) is 0 Å². The van der Waals surface area contributed by atoms with Crippen molar-refractivity contribution in [3.05, 3.63) is 36.2 Å². The normalized spacial score (nSPS) is 12.2. The van der Waals surface area contributed by atoms with Gasteiger partial charge in [-0.05, 0) is 23.6 Å². The molecular weight excluding hydrogens is 341 g/mol. The number of azo groups is 1. The van der Waals surface area contributed by atoms with Gasteiger partial charge in [-0.2, -0.15) is 0 Å². The molecule has 1 radical (unpaired) electrons. The van der Waals surface area contributed by atoms with Gasteiger partial charge in [0.25, 0.3) is 0 Å². The van der Waals surface area contributed by atoms with Crippen molar-refractivity contribution in [3.8, 4) is 0 Å². The summed E-state index contributed by atoms with van der Waals surface area (Å²) in [4.78, 5) is 0. The third-order valence-electron chi connectivity index (χ3n) is 2.17. The molecule has 3 N–H and O–H groups in total. The van der Waals surface area contributed by atoms with Crippen molar-refractivity contribution in [1.82, 2.24) is 0 Å². The predicted octanol–water partition coefficient (Wildman–Crippen LogP) is 2.53. The van der Waals surface area contributed by atoms with Crippen LogP contribution < -0.4 is 10.5 Å². The molecule has 8 heteroatoms. The van der Waals surface area contributed by atoms with Gasteiger partial charge in [-0.1, -0.05) is 26.5 Å². The molecule has 0 aliphatic carbocycles. The summed E-state index contributed by atoms with van der Waals surface area (Å²) >= 11 is -2.42. The molecule has 101 valence electrons. The molecule has 1 aromatic carbocycles. The molecule has 0 heterocycles. The summed E-state index contributed by atoms with van der Waals surface area (Å²) in [6.45, 7) is 7.40. The number of rotatable bonds is 5. The second-order valence-electron chi connectivity index (χ2n) is 3.96. The van der Waals surface area contributed by atoms with Gasteiger partial charge in [0.15, 0.2) is 0 Å². The summed E-state index contributed by atoms with van der Waals surface area (Å²) in [7, 11) is 0. The van der Waals surface area contributed by atoms with Crippen LogP contribution in [0.1, 0.15) is 25.3 Å². The first kappa shape index (κ1) is 18.4. The van der Waals surface area contributed by atoms with Crippen LogP contribution in [-0.2, 0) is 44.0 Å². The van der Waals surface area contributed by atoms with Gasteiger partial charge in [0.05, 0.1) is 5.69 Å². The molecule has 0 aliphatic heterocycles. The van der Waals surface area contributed by atoms with Gasteiger partial charge in [-0.15, -0.1) is 10.2 Å². The number of benzene rings is 1. The van der Waals surface area contributed by atoms with Crippen molar-refractivity contribution >= 4 is 22.6 Å². The van der Waals surface area contributed by atoms with Crippen LogP contribution in [0.2, 0.25) is 0 Å². The summed E-state index contributed by atoms with van der Waals surface area (Å²) in [5.74, 6) is 0.332. The van der Waals surface area contributed by atoms with Crippen molar-refractivity contribution in [2.75, 3.05) is 4.72 Å². The zero-order chi connectivity index (χ0) is 13.7. The Hall–Kier alpha value is -0.626. The molecule has 0 saturated carbocycles. The molecule has 0 spiro atoms. The first-order valence-electron chi connectivity index (χ1n) is 5.26. The Kier molecular flexibility index (Phi) is 8.24. The summed E-state index contributed by atoms with van der Waals surface area (Å²) < 4.78 is 23.7. The van der Waals surface area contributed by atoms with Gasteiger partial charge in [0.1, 0.15) is 11.5 Å². The Morgan fingerprint density at radius 1 is 1.53 bits per heavy atom. The number of nitrogens with two attached hydrogens (primary N) is 1. The fourth-order valence-corrected chi connectivity index (χ4v) is 1.63. The van der Waals surface area contributed by atoms with E-state index in [0.29, 0.717) is 11.4 Å². The van der Waals surface area contributed by atoms with E-state index in [9.17, 15) is 8.76 Å². The van der Waals surface area contributed by atoms with Crippen molar-refractivity contribution in [2.24, 2.45) is 16.0 Å². The maximum Gasteiger partial charge on any atom is 0.138 e.